The molecule has 1 aromatic carbocycles. The molecule has 0 aromatic heterocycles. The number of benzene rings is 1. The molecule has 0 aliphatic carbocycles. The number of nitrogens with one attached hydrogen (secondary N) is 1. The van der Waals surface area contributed by atoms with Gasteiger partial charge in [-0.3, -0.25) is 9.59 Å². The largest absolute Gasteiger partial charge is 0.494 e. The zero-order valence-corrected chi connectivity index (χ0v) is 12.2. The molecular weight excluding hydrogens is 268 g/mol. The Morgan fingerprint density at radius 3 is 2.76 bits per heavy atom. The van der Waals surface area contributed by atoms with Crippen LogP contribution in [0.1, 0.15) is 25.3 Å². The van der Waals surface area contributed by atoms with Crippen LogP contribution < -0.4 is 10.1 Å². The maximum atomic E-state index is 12.4. The molecule has 2 amide bonds. The van der Waals surface area contributed by atoms with Crippen LogP contribution in [-0.2, 0) is 16.0 Å². The van der Waals surface area contributed by atoms with Crippen LogP contribution in [0.2, 0.25) is 0 Å². The molecule has 21 heavy (non-hydrogen) atoms. The molecule has 3 rings (SSSR count). The van der Waals surface area contributed by atoms with E-state index in [1.807, 2.05) is 31.2 Å². The van der Waals surface area contributed by atoms with Crippen LogP contribution in [0, 0.1) is 0 Å². The van der Waals surface area contributed by atoms with Gasteiger partial charge in [0.05, 0.1) is 6.61 Å². The second kappa shape index (κ2) is 5.76. The third-order valence-corrected chi connectivity index (χ3v) is 4.13. The maximum Gasteiger partial charge on any atom is 0.246 e. The fraction of sp³-hybridized carbons (Fsp3) is 0.500. The van der Waals surface area contributed by atoms with Gasteiger partial charge < -0.3 is 15.0 Å². The number of rotatable bonds is 4. The Morgan fingerprint density at radius 1 is 1.29 bits per heavy atom. The van der Waals surface area contributed by atoms with Crippen molar-refractivity contribution in [2.75, 3.05) is 13.2 Å². The van der Waals surface area contributed by atoms with Crippen LogP contribution in [0.3, 0.4) is 0 Å². The molecule has 5 heteroatoms. The zero-order valence-electron chi connectivity index (χ0n) is 12.2. The van der Waals surface area contributed by atoms with Crippen molar-refractivity contribution in [3.8, 4) is 5.75 Å². The molecule has 0 unspecified atom stereocenters. The Labute approximate surface area is 124 Å². The van der Waals surface area contributed by atoms with Crippen molar-refractivity contribution in [2.24, 2.45) is 0 Å². The molecular formula is C16H20N2O3. The highest BCUT2D eigenvalue weighted by atomic mass is 16.5. The molecule has 2 saturated heterocycles. The molecule has 0 saturated carbocycles. The summed E-state index contributed by atoms with van der Waals surface area (Å²) in [6.45, 7) is 3.28. The molecule has 2 aliphatic rings. The lowest BCUT2D eigenvalue weighted by Gasteiger charge is -2.34. The van der Waals surface area contributed by atoms with Crippen molar-refractivity contribution >= 4 is 11.8 Å². The minimum Gasteiger partial charge on any atom is -0.494 e. The summed E-state index contributed by atoms with van der Waals surface area (Å²) in [7, 11) is 0. The van der Waals surface area contributed by atoms with E-state index < -0.39 is 6.04 Å². The molecule has 0 bridgehead atoms. The second-order valence-corrected chi connectivity index (χ2v) is 5.53. The molecule has 5 nitrogen and oxygen atoms in total. The Hall–Kier alpha value is -2.04. The molecule has 1 aromatic rings. The van der Waals surface area contributed by atoms with Gasteiger partial charge >= 0.3 is 0 Å². The average molecular weight is 288 g/mol. The van der Waals surface area contributed by atoms with Gasteiger partial charge in [0.1, 0.15) is 17.8 Å². The highest BCUT2D eigenvalue weighted by molar-refractivity contribution is 5.97. The van der Waals surface area contributed by atoms with Gasteiger partial charge in [0.2, 0.25) is 11.8 Å². The van der Waals surface area contributed by atoms with E-state index in [1.165, 1.54) is 0 Å². The number of carbonyl (C=O) groups is 2. The number of fused-ring (bicyclic) bond motifs is 1. The first-order valence-electron chi connectivity index (χ1n) is 7.51. The topological polar surface area (TPSA) is 58.6 Å². The van der Waals surface area contributed by atoms with E-state index >= 15 is 0 Å². The number of piperazine rings is 1. The summed E-state index contributed by atoms with van der Waals surface area (Å²) in [5.41, 5.74) is 1.02. The van der Waals surface area contributed by atoms with Gasteiger partial charge in [-0.25, -0.2) is 0 Å². The monoisotopic (exact) mass is 288 g/mol. The zero-order chi connectivity index (χ0) is 14.8. The minimum absolute atomic E-state index is 0.0111. The maximum absolute atomic E-state index is 12.4. The number of hydrogen-bond acceptors (Lipinski definition) is 3. The standard InChI is InChI=1S/C16H20N2O3/c1-2-21-12-7-5-11(6-8-12)10-13-16(20)18-9-3-4-14(18)15(19)17-13/h5-8,13-14H,2-4,9-10H2,1H3,(H,17,19)/t13-,14-/m0/s1. The Bertz CT molecular complexity index is 541. The molecule has 2 aliphatic heterocycles. The third kappa shape index (κ3) is 2.73. The van der Waals surface area contributed by atoms with Gasteiger partial charge in [-0.05, 0) is 37.5 Å². The summed E-state index contributed by atoms with van der Waals surface area (Å²) in [4.78, 5) is 26.2. The van der Waals surface area contributed by atoms with Crippen LogP contribution in [0.5, 0.6) is 5.75 Å². The highest BCUT2D eigenvalue weighted by Gasteiger charge is 2.42. The van der Waals surface area contributed by atoms with Gasteiger partial charge in [0, 0.05) is 13.0 Å². The van der Waals surface area contributed by atoms with Crippen molar-refractivity contribution in [2.45, 2.75) is 38.3 Å². The SMILES string of the molecule is CCOc1ccc(C[C@@H]2NC(=O)[C@@H]3CCCN3C2=O)cc1. The lowest BCUT2D eigenvalue weighted by atomic mass is 10.0. The van der Waals surface area contributed by atoms with Crippen molar-refractivity contribution in [3.05, 3.63) is 29.8 Å². The number of ether oxygens (including phenoxy) is 1. The van der Waals surface area contributed by atoms with Crippen molar-refractivity contribution in [1.29, 1.82) is 0 Å². The number of carbonyl (C=O) groups excluding carboxylic acids is 2. The van der Waals surface area contributed by atoms with Gasteiger partial charge in [-0.15, -0.1) is 0 Å². The van der Waals surface area contributed by atoms with Gasteiger partial charge in [0.15, 0.2) is 0 Å². The van der Waals surface area contributed by atoms with Crippen LogP contribution in [-0.4, -0.2) is 41.9 Å². The number of amides is 2. The first kappa shape index (κ1) is 13.9. The smallest absolute Gasteiger partial charge is 0.246 e. The summed E-state index contributed by atoms with van der Waals surface area (Å²) >= 11 is 0. The summed E-state index contributed by atoms with van der Waals surface area (Å²) in [5.74, 6) is 0.855. The number of hydrogen-bond donors (Lipinski definition) is 1. The van der Waals surface area contributed by atoms with E-state index in [0.717, 1.165) is 24.2 Å². The molecule has 0 radical (unpaired) electrons. The Morgan fingerprint density at radius 2 is 2.05 bits per heavy atom. The molecule has 112 valence electrons. The fourth-order valence-electron chi connectivity index (χ4n) is 3.10. The Balaban J connectivity index is 1.69. The molecule has 1 N–H and O–H groups in total. The van der Waals surface area contributed by atoms with Gasteiger partial charge in [0.25, 0.3) is 0 Å². The quantitative estimate of drug-likeness (QED) is 0.903. The molecule has 0 spiro atoms. The summed E-state index contributed by atoms with van der Waals surface area (Å²) < 4.78 is 5.40. The number of nitrogens with zero attached hydrogens (tertiary/aromatic N) is 1. The van der Waals surface area contributed by atoms with E-state index in [1.54, 1.807) is 4.90 Å². The summed E-state index contributed by atoms with van der Waals surface area (Å²) in [5, 5.41) is 2.86. The van der Waals surface area contributed by atoms with E-state index in [4.69, 9.17) is 4.74 Å². The van der Waals surface area contributed by atoms with Crippen LogP contribution in [0.15, 0.2) is 24.3 Å². The fourth-order valence-corrected chi connectivity index (χ4v) is 3.10. The Kier molecular flexibility index (Phi) is 3.82. The van der Waals surface area contributed by atoms with Crippen LogP contribution >= 0.6 is 0 Å². The minimum atomic E-state index is -0.440. The van der Waals surface area contributed by atoms with E-state index in [9.17, 15) is 9.59 Å². The first-order chi connectivity index (χ1) is 10.2. The van der Waals surface area contributed by atoms with E-state index in [-0.39, 0.29) is 17.9 Å². The van der Waals surface area contributed by atoms with Crippen LogP contribution in [0.4, 0.5) is 0 Å². The van der Waals surface area contributed by atoms with E-state index in [2.05, 4.69) is 5.32 Å². The van der Waals surface area contributed by atoms with Gasteiger partial charge in [-0.2, -0.15) is 0 Å². The normalized spacial score (nSPS) is 24.7. The van der Waals surface area contributed by atoms with E-state index in [0.29, 0.717) is 19.6 Å². The predicted molar refractivity (Wildman–Crippen MR) is 78.0 cm³/mol. The van der Waals surface area contributed by atoms with Crippen molar-refractivity contribution in [3.63, 3.8) is 0 Å². The third-order valence-electron chi connectivity index (χ3n) is 4.13. The lowest BCUT2D eigenvalue weighted by molar-refractivity contribution is -0.146. The van der Waals surface area contributed by atoms with Crippen molar-refractivity contribution < 1.29 is 14.3 Å². The molecule has 2 fully saturated rings. The van der Waals surface area contributed by atoms with Crippen molar-refractivity contribution in [1.82, 2.24) is 10.2 Å². The molecule has 2 heterocycles. The second-order valence-electron chi connectivity index (χ2n) is 5.53. The lowest BCUT2D eigenvalue weighted by Crippen LogP contribution is -2.61. The summed E-state index contributed by atoms with van der Waals surface area (Å²) in [6.07, 6.45) is 2.23. The molecule has 2 atom stereocenters. The first-order valence-corrected chi connectivity index (χ1v) is 7.51. The highest BCUT2D eigenvalue weighted by Crippen LogP contribution is 2.23. The van der Waals surface area contributed by atoms with Crippen LogP contribution in [0.25, 0.3) is 0 Å². The summed E-state index contributed by atoms with van der Waals surface area (Å²) in [6, 6.07) is 7.00. The average Bonchev–Trinajstić information content (AvgIpc) is 2.97. The predicted octanol–water partition coefficient (Wildman–Crippen LogP) is 1.12. The van der Waals surface area contributed by atoms with Gasteiger partial charge in [-0.1, -0.05) is 12.1 Å².